The van der Waals surface area contributed by atoms with E-state index in [0.29, 0.717) is 5.56 Å². The lowest BCUT2D eigenvalue weighted by molar-refractivity contribution is 0.0473. The highest BCUT2D eigenvalue weighted by Gasteiger charge is 2.52. The van der Waals surface area contributed by atoms with E-state index >= 15 is 0 Å². The van der Waals surface area contributed by atoms with Crippen LogP contribution in [0.5, 0.6) is 0 Å². The molecule has 1 spiro atoms. The lowest BCUT2D eigenvalue weighted by Gasteiger charge is -2.34. The summed E-state index contributed by atoms with van der Waals surface area (Å²) in [5.41, 5.74) is 17.9. The standard InChI is InChI=1S/C45H33BO2/c46-43-25-23-31(27-38(43)32-14-4-5-18-36(32)44(47)48-28-29-12-2-1-3-13-29)30-22-24-42-37(26-30)35-17-8-11-21-41(35)45(42)39-19-9-6-15-33(39)34-16-7-10-20-40(34)45/h1-21,23,25-27H,22,24,28,46H2. The molecule has 6 aromatic rings. The third kappa shape index (κ3) is 4.24. The molecule has 3 aliphatic rings. The number of hydrogen-bond donors (Lipinski definition) is 0. The van der Waals surface area contributed by atoms with Gasteiger partial charge in [0.1, 0.15) is 14.5 Å². The van der Waals surface area contributed by atoms with Gasteiger partial charge in [-0.05, 0) is 97.3 Å². The largest absolute Gasteiger partial charge is 0.457 e. The third-order valence-corrected chi connectivity index (χ3v) is 10.6. The summed E-state index contributed by atoms with van der Waals surface area (Å²) in [6, 6.07) is 51.4. The second-order valence-corrected chi connectivity index (χ2v) is 13.1. The van der Waals surface area contributed by atoms with Gasteiger partial charge < -0.3 is 4.74 Å². The maximum atomic E-state index is 13.4. The van der Waals surface area contributed by atoms with Gasteiger partial charge in [0.15, 0.2) is 0 Å². The zero-order valence-electron chi connectivity index (χ0n) is 26.9. The van der Waals surface area contributed by atoms with Crippen LogP contribution in [0.15, 0.2) is 157 Å². The van der Waals surface area contributed by atoms with Crippen molar-refractivity contribution < 1.29 is 9.53 Å². The smallest absolute Gasteiger partial charge is 0.339 e. The zero-order valence-corrected chi connectivity index (χ0v) is 26.9. The van der Waals surface area contributed by atoms with Crippen LogP contribution in [0.25, 0.3) is 33.4 Å². The topological polar surface area (TPSA) is 26.3 Å². The normalized spacial score (nSPS) is 15.0. The van der Waals surface area contributed by atoms with E-state index in [1.165, 1.54) is 55.7 Å². The van der Waals surface area contributed by atoms with Crippen molar-refractivity contribution in [1.29, 1.82) is 0 Å². The Morgan fingerprint density at radius 3 is 1.90 bits per heavy atom. The van der Waals surface area contributed by atoms with Gasteiger partial charge in [0.25, 0.3) is 0 Å². The first-order chi connectivity index (χ1) is 23.6. The van der Waals surface area contributed by atoms with E-state index < -0.39 is 0 Å². The Hall–Kier alpha value is -5.67. The Balaban J connectivity index is 1.14. The minimum Gasteiger partial charge on any atom is -0.457 e. The summed E-state index contributed by atoms with van der Waals surface area (Å²) in [4.78, 5) is 13.4. The van der Waals surface area contributed by atoms with Gasteiger partial charge in [-0.3, -0.25) is 0 Å². The molecule has 0 bridgehead atoms. The fourth-order valence-electron chi connectivity index (χ4n) is 8.45. The number of ether oxygens (including phenoxy) is 1. The summed E-state index contributed by atoms with van der Waals surface area (Å²) in [6.45, 7) is 0.245. The predicted octanol–water partition coefficient (Wildman–Crippen LogP) is 8.93. The Morgan fingerprint density at radius 1 is 0.604 bits per heavy atom. The van der Waals surface area contributed by atoms with Crippen molar-refractivity contribution in [2.45, 2.75) is 24.9 Å². The highest BCUT2D eigenvalue weighted by atomic mass is 16.5. The summed E-state index contributed by atoms with van der Waals surface area (Å²) in [5.74, 6) is -0.309. The van der Waals surface area contributed by atoms with Crippen LogP contribution in [0.3, 0.4) is 0 Å². The molecule has 0 aliphatic heterocycles. The Morgan fingerprint density at radius 2 is 1.19 bits per heavy atom. The van der Waals surface area contributed by atoms with E-state index in [1.54, 1.807) is 0 Å². The number of hydrogen-bond acceptors (Lipinski definition) is 2. The first kappa shape index (κ1) is 28.5. The molecule has 0 amide bonds. The molecule has 0 aromatic heterocycles. The van der Waals surface area contributed by atoms with Crippen molar-refractivity contribution in [3.8, 4) is 22.3 Å². The van der Waals surface area contributed by atoms with Gasteiger partial charge in [-0.15, -0.1) is 0 Å². The van der Waals surface area contributed by atoms with Crippen LogP contribution in [-0.2, 0) is 16.8 Å². The molecular weight excluding hydrogens is 583 g/mol. The molecule has 228 valence electrons. The van der Waals surface area contributed by atoms with Gasteiger partial charge in [-0.2, -0.15) is 0 Å². The average molecular weight is 617 g/mol. The Labute approximate surface area is 282 Å². The molecule has 0 heterocycles. The fraction of sp³-hybridized carbons (Fsp3) is 0.0889. The highest BCUT2D eigenvalue weighted by molar-refractivity contribution is 6.36. The lowest BCUT2D eigenvalue weighted by Crippen LogP contribution is -2.27. The van der Waals surface area contributed by atoms with Crippen molar-refractivity contribution in [2.24, 2.45) is 0 Å². The summed E-state index contributed by atoms with van der Waals surface area (Å²) < 4.78 is 5.78. The van der Waals surface area contributed by atoms with E-state index in [9.17, 15) is 4.79 Å². The maximum Gasteiger partial charge on any atom is 0.339 e. The Kier molecular flexibility index (Phi) is 6.69. The number of carbonyl (C=O) groups excluding carboxylic acids is 1. The molecule has 48 heavy (non-hydrogen) atoms. The monoisotopic (exact) mass is 616 g/mol. The van der Waals surface area contributed by atoms with Crippen LogP contribution < -0.4 is 5.46 Å². The van der Waals surface area contributed by atoms with Crippen molar-refractivity contribution in [2.75, 3.05) is 0 Å². The highest BCUT2D eigenvalue weighted by Crippen LogP contribution is 2.64. The van der Waals surface area contributed by atoms with Gasteiger partial charge in [0.05, 0.1) is 11.0 Å². The average Bonchev–Trinajstić information content (AvgIpc) is 3.61. The zero-order chi connectivity index (χ0) is 32.2. The van der Waals surface area contributed by atoms with Gasteiger partial charge >= 0.3 is 5.97 Å². The van der Waals surface area contributed by atoms with Gasteiger partial charge in [0, 0.05) is 0 Å². The maximum absolute atomic E-state index is 13.4. The molecular formula is C45H33BO2. The first-order valence-electron chi connectivity index (χ1n) is 16.8. The molecule has 3 heteroatoms. The molecule has 6 aromatic carbocycles. The van der Waals surface area contributed by atoms with E-state index in [1.807, 2.05) is 54.6 Å². The quantitative estimate of drug-likeness (QED) is 0.143. The molecule has 0 saturated heterocycles. The summed E-state index contributed by atoms with van der Waals surface area (Å²) >= 11 is 0. The number of rotatable bonds is 5. The Bertz CT molecular complexity index is 2280. The molecule has 9 rings (SSSR count). The van der Waals surface area contributed by atoms with Crippen LogP contribution in [0, 0.1) is 0 Å². The molecule has 0 fully saturated rings. The van der Waals surface area contributed by atoms with Crippen LogP contribution in [-0.4, -0.2) is 13.8 Å². The molecule has 0 unspecified atom stereocenters. The van der Waals surface area contributed by atoms with Crippen LogP contribution in [0.4, 0.5) is 0 Å². The number of fused-ring (bicyclic) bond motifs is 9. The summed E-state index contributed by atoms with van der Waals surface area (Å²) in [7, 11) is 2.12. The lowest BCUT2D eigenvalue weighted by atomic mass is 9.67. The third-order valence-electron chi connectivity index (χ3n) is 10.6. The molecule has 2 nitrogen and oxygen atoms in total. The van der Waals surface area contributed by atoms with Crippen LogP contribution in [0.1, 0.15) is 56.6 Å². The summed E-state index contributed by atoms with van der Waals surface area (Å²) in [5, 5.41) is 0. The van der Waals surface area contributed by atoms with Gasteiger partial charge in [-0.1, -0.05) is 145 Å². The first-order valence-corrected chi connectivity index (χ1v) is 16.8. The number of benzene rings is 6. The minimum atomic E-state index is -0.309. The number of carbonyl (C=O) groups is 1. The second kappa shape index (κ2) is 11.2. The van der Waals surface area contributed by atoms with Crippen LogP contribution >= 0.6 is 0 Å². The number of allylic oxidation sites excluding steroid dienone is 4. The molecule has 0 N–H and O–H groups in total. The minimum absolute atomic E-state index is 0.245. The van der Waals surface area contributed by atoms with E-state index in [2.05, 4.69) is 105 Å². The van der Waals surface area contributed by atoms with Crippen molar-refractivity contribution in [3.05, 3.63) is 196 Å². The van der Waals surface area contributed by atoms with Crippen molar-refractivity contribution >= 4 is 30.4 Å². The molecule has 3 aliphatic carbocycles. The van der Waals surface area contributed by atoms with Gasteiger partial charge in [0.2, 0.25) is 0 Å². The van der Waals surface area contributed by atoms with Gasteiger partial charge in [-0.25, -0.2) is 4.79 Å². The SMILES string of the molecule is Bc1ccc(C2=CC3=C(CC2)C2(c4ccccc43)c3ccccc3-c3ccccc32)cc1-c1ccccc1C(=O)OCc1ccccc1. The second-order valence-electron chi connectivity index (χ2n) is 13.1. The summed E-state index contributed by atoms with van der Waals surface area (Å²) in [6.07, 6.45) is 4.37. The molecule has 0 atom stereocenters. The van der Waals surface area contributed by atoms with E-state index in [4.69, 9.17) is 4.74 Å². The number of esters is 1. The van der Waals surface area contributed by atoms with E-state index in [0.717, 1.165) is 35.0 Å². The molecule has 0 radical (unpaired) electrons. The fourth-order valence-corrected chi connectivity index (χ4v) is 8.45. The predicted molar refractivity (Wildman–Crippen MR) is 198 cm³/mol. The van der Waals surface area contributed by atoms with Crippen molar-refractivity contribution in [3.63, 3.8) is 0 Å². The van der Waals surface area contributed by atoms with E-state index in [-0.39, 0.29) is 18.0 Å². The van der Waals surface area contributed by atoms with Crippen molar-refractivity contribution in [1.82, 2.24) is 0 Å². The van der Waals surface area contributed by atoms with Crippen LogP contribution in [0.2, 0.25) is 0 Å². The molecule has 0 saturated carbocycles.